The molecule has 1 heterocycles. The lowest BCUT2D eigenvalue weighted by Gasteiger charge is -2.28. The Bertz CT molecular complexity index is 681. The molecule has 28 heavy (non-hydrogen) atoms. The fourth-order valence-corrected chi connectivity index (χ4v) is 3.60. The standard InChI is InChI=1S/C24H36N2O2/c1-4-6-14-22(5-2)24(27)26(17-11-18-28-3)20-23-15-10-16-25(23)19-21-12-8-7-9-13-21/h7-10,12-13,15-16,22H,4-6,11,14,17-20H2,1-3H3/t22-/m0/s1. The Balaban J connectivity index is 2.11. The predicted molar refractivity (Wildman–Crippen MR) is 115 cm³/mol. The number of hydrogen-bond acceptors (Lipinski definition) is 2. The molecule has 1 aromatic heterocycles. The number of carbonyl (C=O) groups is 1. The van der Waals surface area contributed by atoms with Crippen LogP contribution < -0.4 is 0 Å². The summed E-state index contributed by atoms with van der Waals surface area (Å²) in [6.45, 7) is 7.22. The van der Waals surface area contributed by atoms with Crippen molar-refractivity contribution < 1.29 is 9.53 Å². The van der Waals surface area contributed by atoms with Crippen LogP contribution in [-0.2, 0) is 22.6 Å². The van der Waals surface area contributed by atoms with Gasteiger partial charge in [-0.25, -0.2) is 0 Å². The summed E-state index contributed by atoms with van der Waals surface area (Å²) < 4.78 is 7.47. The molecule has 2 aromatic rings. The number of carbonyl (C=O) groups excluding carboxylic acids is 1. The zero-order valence-corrected chi connectivity index (χ0v) is 17.8. The van der Waals surface area contributed by atoms with E-state index in [-0.39, 0.29) is 5.92 Å². The first-order valence-corrected chi connectivity index (χ1v) is 10.6. The molecule has 0 fully saturated rings. The molecule has 0 bridgehead atoms. The minimum absolute atomic E-state index is 0.125. The minimum Gasteiger partial charge on any atom is -0.385 e. The van der Waals surface area contributed by atoms with Crippen molar-refractivity contribution in [3.8, 4) is 0 Å². The third-order valence-electron chi connectivity index (χ3n) is 5.31. The van der Waals surface area contributed by atoms with Crippen LogP contribution in [0.25, 0.3) is 0 Å². The Morgan fingerprint density at radius 3 is 2.57 bits per heavy atom. The number of nitrogens with zero attached hydrogens (tertiary/aromatic N) is 2. The maximum atomic E-state index is 13.2. The molecule has 0 aliphatic heterocycles. The first-order chi connectivity index (χ1) is 13.7. The summed E-state index contributed by atoms with van der Waals surface area (Å²) in [4.78, 5) is 15.3. The molecule has 154 valence electrons. The Hall–Kier alpha value is -2.07. The smallest absolute Gasteiger partial charge is 0.226 e. The molecule has 0 unspecified atom stereocenters. The lowest BCUT2D eigenvalue weighted by molar-refractivity contribution is -0.136. The molecular formula is C24H36N2O2. The zero-order chi connectivity index (χ0) is 20.2. The molecule has 1 aromatic carbocycles. The number of benzene rings is 1. The van der Waals surface area contributed by atoms with Gasteiger partial charge in [0.2, 0.25) is 5.91 Å². The third kappa shape index (κ3) is 6.83. The van der Waals surface area contributed by atoms with Gasteiger partial charge in [0.1, 0.15) is 0 Å². The van der Waals surface area contributed by atoms with Crippen molar-refractivity contribution in [2.24, 2.45) is 5.92 Å². The molecule has 4 nitrogen and oxygen atoms in total. The van der Waals surface area contributed by atoms with Crippen LogP contribution in [0, 0.1) is 5.92 Å². The molecule has 1 amide bonds. The van der Waals surface area contributed by atoms with Crippen LogP contribution >= 0.6 is 0 Å². The highest BCUT2D eigenvalue weighted by Crippen LogP contribution is 2.19. The first kappa shape index (κ1) is 22.2. The van der Waals surface area contributed by atoms with Crippen molar-refractivity contribution in [2.75, 3.05) is 20.3 Å². The van der Waals surface area contributed by atoms with E-state index in [0.717, 1.165) is 45.2 Å². The van der Waals surface area contributed by atoms with Gasteiger partial charge in [-0.3, -0.25) is 4.79 Å². The van der Waals surface area contributed by atoms with E-state index in [1.807, 2.05) is 11.0 Å². The number of rotatable bonds is 13. The van der Waals surface area contributed by atoms with Crippen molar-refractivity contribution >= 4 is 5.91 Å². The zero-order valence-electron chi connectivity index (χ0n) is 17.8. The van der Waals surface area contributed by atoms with Gasteiger partial charge < -0.3 is 14.2 Å². The van der Waals surface area contributed by atoms with E-state index in [0.29, 0.717) is 19.1 Å². The van der Waals surface area contributed by atoms with Gasteiger partial charge in [-0.2, -0.15) is 0 Å². The maximum absolute atomic E-state index is 13.2. The monoisotopic (exact) mass is 384 g/mol. The van der Waals surface area contributed by atoms with E-state index in [4.69, 9.17) is 4.74 Å². The van der Waals surface area contributed by atoms with Crippen LogP contribution in [0.3, 0.4) is 0 Å². The average molecular weight is 385 g/mol. The number of unbranched alkanes of at least 4 members (excludes halogenated alkanes) is 1. The van der Waals surface area contributed by atoms with Crippen LogP contribution in [0.15, 0.2) is 48.7 Å². The second kappa shape index (κ2) is 12.4. The summed E-state index contributed by atoms with van der Waals surface area (Å²) in [5.41, 5.74) is 2.45. The van der Waals surface area contributed by atoms with Crippen molar-refractivity contribution in [2.45, 2.75) is 59.0 Å². The van der Waals surface area contributed by atoms with Gasteiger partial charge in [-0.1, -0.05) is 57.0 Å². The van der Waals surface area contributed by atoms with Gasteiger partial charge >= 0.3 is 0 Å². The molecule has 2 rings (SSSR count). The largest absolute Gasteiger partial charge is 0.385 e. The van der Waals surface area contributed by atoms with Crippen molar-refractivity contribution in [3.63, 3.8) is 0 Å². The molecule has 1 atom stereocenters. The van der Waals surface area contributed by atoms with Crippen LogP contribution in [0.2, 0.25) is 0 Å². The molecule has 0 saturated carbocycles. The Kier molecular flexibility index (Phi) is 9.84. The van der Waals surface area contributed by atoms with Crippen LogP contribution in [0.4, 0.5) is 0 Å². The fourth-order valence-electron chi connectivity index (χ4n) is 3.60. The normalized spacial score (nSPS) is 12.1. The van der Waals surface area contributed by atoms with Gasteiger partial charge in [-0.05, 0) is 37.0 Å². The second-order valence-electron chi connectivity index (χ2n) is 7.47. The lowest BCUT2D eigenvalue weighted by Crippen LogP contribution is -2.37. The number of amides is 1. The van der Waals surface area contributed by atoms with Crippen LogP contribution in [-0.4, -0.2) is 35.6 Å². The topological polar surface area (TPSA) is 34.5 Å². The molecule has 0 aliphatic rings. The SMILES string of the molecule is CCCC[C@H](CC)C(=O)N(CCCOC)Cc1cccn1Cc1ccccc1. The van der Waals surface area contributed by atoms with E-state index in [1.165, 1.54) is 11.3 Å². The Labute approximate surface area is 170 Å². The van der Waals surface area contributed by atoms with Gasteiger partial charge in [0.25, 0.3) is 0 Å². The van der Waals surface area contributed by atoms with E-state index in [9.17, 15) is 4.79 Å². The average Bonchev–Trinajstić information content (AvgIpc) is 3.15. The Morgan fingerprint density at radius 2 is 1.89 bits per heavy atom. The highest BCUT2D eigenvalue weighted by molar-refractivity contribution is 5.78. The number of hydrogen-bond donors (Lipinski definition) is 0. The number of aromatic nitrogens is 1. The fraction of sp³-hybridized carbons (Fsp3) is 0.542. The highest BCUT2D eigenvalue weighted by Gasteiger charge is 2.23. The molecular weight excluding hydrogens is 348 g/mol. The van der Waals surface area contributed by atoms with Gasteiger partial charge in [-0.15, -0.1) is 0 Å². The molecule has 0 saturated heterocycles. The Morgan fingerprint density at radius 1 is 1.11 bits per heavy atom. The van der Waals surface area contributed by atoms with E-state index in [1.54, 1.807) is 7.11 Å². The molecule has 4 heteroatoms. The van der Waals surface area contributed by atoms with Crippen molar-refractivity contribution in [1.29, 1.82) is 0 Å². The van der Waals surface area contributed by atoms with Crippen molar-refractivity contribution in [1.82, 2.24) is 9.47 Å². The quantitative estimate of drug-likeness (QED) is 0.449. The first-order valence-electron chi connectivity index (χ1n) is 10.6. The van der Waals surface area contributed by atoms with E-state index < -0.39 is 0 Å². The summed E-state index contributed by atoms with van der Waals surface area (Å²) in [5.74, 6) is 0.416. The summed E-state index contributed by atoms with van der Waals surface area (Å²) >= 11 is 0. The lowest BCUT2D eigenvalue weighted by atomic mass is 9.97. The predicted octanol–water partition coefficient (Wildman–Crippen LogP) is 5.12. The molecule has 0 spiro atoms. The van der Waals surface area contributed by atoms with Gasteiger partial charge in [0.15, 0.2) is 0 Å². The summed E-state index contributed by atoms with van der Waals surface area (Å²) in [6.07, 6.45) is 7.11. The van der Waals surface area contributed by atoms with Crippen LogP contribution in [0.1, 0.15) is 57.2 Å². The summed E-state index contributed by atoms with van der Waals surface area (Å²) in [6, 6.07) is 14.7. The molecule has 0 N–H and O–H groups in total. The number of methoxy groups -OCH3 is 1. The summed E-state index contributed by atoms with van der Waals surface area (Å²) in [5, 5.41) is 0. The number of ether oxygens (including phenoxy) is 1. The van der Waals surface area contributed by atoms with Crippen LogP contribution in [0.5, 0.6) is 0 Å². The molecule has 0 radical (unpaired) electrons. The van der Waals surface area contributed by atoms with E-state index in [2.05, 4.69) is 61.0 Å². The third-order valence-corrected chi connectivity index (χ3v) is 5.31. The van der Waals surface area contributed by atoms with Gasteiger partial charge in [0, 0.05) is 44.6 Å². The molecule has 0 aliphatic carbocycles. The van der Waals surface area contributed by atoms with Crippen molar-refractivity contribution in [3.05, 3.63) is 59.9 Å². The van der Waals surface area contributed by atoms with E-state index >= 15 is 0 Å². The van der Waals surface area contributed by atoms with Gasteiger partial charge in [0.05, 0.1) is 6.54 Å². The minimum atomic E-state index is 0.125. The second-order valence-corrected chi connectivity index (χ2v) is 7.47. The maximum Gasteiger partial charge on any atom is 0.226 e. The highest BCUT2D eigenvalue weighted by atomic mass is 16.5. The summed E-state index contributed by atoms with van der Waals surface area (Å²) in [7, 11) is 1.72.